The van der Waals surface area contributed by atoms with Crippen molar-refractivity contribution in [2.45, 2.75) is 19.9 Å². The molecule has 0 unspecified atom stereocenters. The van der Waals surface area contributed by atoms with E-state index in [4.69, 9.17) is 18.0 Å². The fourth-order valence-corrected chi connectivity index (χ4v) is 1.55. The predicted octanol–water partition coefficient (Wildman–Crippen LogP) is 2.47. The minimum absolute atomic E-state index is 0.168. The summed E-state index contributed by atoms with van der Waals surface area (Å²) in [5.41, 5.74) is 8.44. The van der Waals surface area contributed by atoms with Crippen LogP contribution in [0.5, 0.6) is 0 Å². The van der Waals surface area contributed by atoms with E-state index in [0.717, 1.165) is 5.69 Å². The Kier molecular flexibility index (Phi) is 3.25. The fraction of sp³-hybridized carbons (Fsp3) is 0.300. The zero-order chi connectivity index (χ0) is 9.84. The predicted molar refractivity (Wildman–Crippen MR) is 59.8 cm³/mol. The number of nitrogens with zero attached hydrogens (tertiary/aromatic N) is 1. The van der Waals surface area contributed by atoms with Gasteiger partial charge in [-0.2, -0.15) is 0 Å². The van der Waals surface area contributed by atoms with Crippen LogP contribution in [0.2, 0.25) is 0 Å². The molecule has 1 rings (SSSR count). The normalized spacial score (nSPS) is 10.1. The van der Waals surface area contributed by atoms with E-state index < -0.39 is 0 Å². The summed E-state index contributed by atoms with van der Waals surface area (Å²) < 4.78 is 0. The molecule has 1 aromatic carbocycles. The molecule has 0 atom stereocenters. The number of thiocarbonyl (C=S) groups is 1. The molecule has 0 aliphatic carbocycles. The number of anilines is 1. The Balaban J connectivity index is 2.96. The van der Waals surface area contributed by atoms with Crippen molar-refractivity contribution in [1.82, 2.24) is 5.73 Å². The van der Waals surface area contributed by atoms with Gasteiger partial charge in [-0.15, -0.1) is 0 Å². The van der Waals surface area contributed by atoms with Crippen LogP contribution < -0.4 is 10.6 Å². The molecule has 0 aliphatic rings. The maximum atomic E-state index is 7.46. The van der Waals surface area contributed by atoms with E-state index in [0.29, 0.717) is 0 Å². The van der Waals surface area contributed by atoms with Gasteiger partial charge >= 0.3 is 0 Å². The smallest absolute Gasteiger partial charge is 0.192 e. The molecule has 0 amide bonds. The standard InChI is InChI=1S/C10H13N2S/c1-8(2)12(10(11)13)9-6-4-3-5-7-9/h3-8,11H,1-2H3. The lowest BCUT2D eigenvalue weighted by molar-refractivity contribution is 0.807. The van der Waals surface area contributed by atoms with Crippen molar-refractivity contribution < 1.29 is 0 Å². The molecule has 69 valence electrons. The monoisotopic (exact) mass is 193 g/mol. The van der Waals surface area contributed by atoms with Crippen LogP contribution in [0.15, 0.2) is 30.3 Å². The molecule has 1 radical (unpaired) electrons. The van der Waals surface area contributed by atoms with Gasteiger partial charge in [-0.25, -0.2) is 0 Å². The van der Waals surface area contributed by atoms with Gasteiger partial charge in [0.05, 0.1) is 0 Å². The third kappa shape index (κ3) is 2.42. The molecule has 0 aliphatic heterocycles. The van der Waals surface area contributed by atoms with Gasteiger partial charge in [-0.05, 0) is 38.2 Å². The molecule has 0 fully saturated rings. The first-order valence-electron chi connectivity index (χ1n) is 4.22. The lowest BCUT2D eigenvalue weighted by Crippen LogP contribution is -2.36. The van der Waals surface area contributed by atoms with Crippen LogP contribution in [0.1, 0.15) is 13.8 Å². The summed E-state index contributed by atoms with van der Waals surface area (Å²) >= 11 is 4.87. The molecule has 0 bridgehead atoms. The Bertz CT molecular complexity index is 282. The van der Waals surface area contributed by atoms with Crippen LogP contribution in [-0.2, 0) is 0 Å². The van der Waals surface area contributed by atoms with E-state index in [2.05, 4.69) is 0 Å². The Hall–Kier alpha value is -1.09. The average Bonchev–Trinajstić information content (AvgIpc) is 2.04. The van der Waals surface area contributed by atoms with Gasteiger partial charge in [-0.3, -0.25) is 5.73 Å². The summed E-state index contributed by atoms with van der Waals surface area (Å²) in [5.74, 6) is 0. The molecule has 13 heavy (non-hydrogen) atoms. The first-order chi connectivity index (χ1) is 6.13. The van der Waals surface area contributed by atoms with Gasteiger partial charge in [-0.1, -0.05) is 18.2 Å². The maximum Gasteiger partial charge on any atom is 0.192 e. The van der Waals surface area contributed by atoms with Gasteiger partial charge in [0.15, 0.2) is 5.11 Å². The Labute approximate surface area is 84.3 Å². The molecular weight excluding hydrogens is 180 g/mol. The number of rotatable bonds is 2. The number of para-hydroxylation sites is 1. The molecular formula is C10H13N2S. The van der Waals surface area contributed by atoms with Gasteiger partial charge in [0, 0.05) is 11.7 Å². The second kappa shape index (κ2) is 4.23. The lowest BCUT2D eigenvalue weighted by Gasteiger charge is -2.26. The van der Waals surface area contributed by atoms with Crippen LogP contribution >= 0.6 is 12.2 Å². The minimum Gasteiger partial charge on any atom is -0.315 e. The Morgan fingerprint density at radius 1 is 1.31 bits per heavy atom. The highest BCUT2D eigenvalue weighted by molar-refractivity contribution is 7.80. The van der Waals surface area contributed by atoms with E-state index in [9.17, 15) is 0 Å². The van der Waals surface area contributed by atoms with E-state index in [1.54, 1.807) is 0 Å². The average molecular weight is 193 g/mol. The van der Waals surface area contributed by atoms with Crippen LogP contribution in [0.25, 0.3) is 0 Å². The van der Waals surface area contributed by atoms with Crippen LogP contribution in [0, 0.1) is 0 Å². The van der Waals surface area contributed by atoms with E-state index in [-0.39, 0.29) is 11.2 Å². The second-order valence-corrected chi connectivity index (χ2v) is 3.49. The van der Waals surface area contributed by atoms with Gasteiger partial charge in [0.1, 0.15) is 0 Å². The van der Waals surface area contributed by atoms with Crippen LogP contribution in [-0.4, -0.2) is 11.2 Å². The van der Waals surface area contributed by atoms with Crippen LogP contribution in [0.4, 0.5) is 5.69 Å². The van der Waals surface area contributed by atoms with E-state index >= 15 is 0 Å². The molecule has 0 heterocycles. The van der Waals surface area contributed by atoms with Crippen molar-refractivity contribution >= 4 is 23.0 Å². The van der Waals surface area contributed by atoms with Gasteiger partial charge in [0.25, 0.3) is 0 Å². The minimum atomic E-state index is 0.168. The largest absolute Gasteiger partial charge is 0.315 e. The zero-order valence-electron chi connectivity index (χ0n) is 7.82. The summed E-state index contributed by atoms with van der Waals surface area (Å²) in [6, 6.07) is 10.00. The van der Waals surface area contributed by atoms with E-state index in [1.807, 2.05) is 49.1 Å². The highest BCUT2D eigenvalue weighted by atomic mass is 32.1. The second-order valence-electron chi connectivity index (χ2n) is 3.10. The van der Waals surface area contributed by atoms with Crippen molar-refractivity contribution in [2.75, 3.05) is 4.90 Å². The van der Waals surface area contributed by atoms with E-state index in [1.165, 1.54) is 0 Å². The maximum absolute atomic E-state index is 7.46. The first-order valence-corrected chi connectivity index (χ1v) is 4.63. The molecule has 0 spiro atoms. The zero-order valence-corrected chi connectivity index (χ0v) is 8.64. The summed E-state index contributed by atoms with van der Waals surface area (Å²) in [6.07, 6.45) is 0. The summed E-state index contributed by atoms with van der Waals surface area (Å²) in [6.45, 7) is 4.04. The third-order valence-corrected chi connectivity index (χ3v) is 1.97. The topological polar surface area (TPSA) is 27.0 Å². The van der Waals surface area contributed by atoms with Crippen molar-refractivity contribution in [3.63, 3.8) is 0 Å². The summed E-state index contributed by atoms with van der Waals surface area (Å²) in [4.78, 5) is 1.81. The molecule has 0 aromatic heterocycles. The number of hydrogen-bond acceptors (Lipinski definition) is 1. The Morgan fingerprint density at radius 3 is 2.23 bits per heavy atom. The van der Waals surface area contributed by atoms with Crippen molar-refractivity contribution in [3.8, 4) is 0 Å². The number of hydrogen-bond donors (Lipinski definition) is 0. The first kappa shape index (κ1) is 9.99. The highest BCUT2D eigenvalue weighted by Crippen LogP contribution is 2.15. The quantitative estimate of drug-likeness (QED) is 0.675. The summed E-state index contributed by atoms with van der Waals surface area (Å²) in [5, 5.41) is 0.168. The highest BCUT2D eigenvalue weighted by Gasteiger charge is 2.12. The fourth-order valence-electron chi connectivity index (χ4n) is 1.24. The number of benzene rings is 1. The third-order valence-electron chi connectivity index (χ3n) is 1.77. The van der Waals surface area contributed by atoms with Crippen molar-refractivity contribution in [3.05, 3.63) is 30.3 Å². The molecule has 0 saturated heterocycles. The molecule has 3 heteroatoms. The molecule has 1 aromatic rings. The van der Waals surface area contributed by atoms with Crippen molar-refractivity contribution in [2.24, 2.45) is 0 Å². The van der Waals surface area contributed by atoms with Crippen molar-refractivity contribution in [1.29, 1.82) is 0 Å². The van der Waals surface area contributed by atoms with Gasteiger partial charge in [0.2, 0.25) is 0 Å². The number of nitrogens with one attached hydrogen (secondary N) is 1. The lowest BCUT2D eigenvalue weighted by atomic mass is 10.2. The Morgan fingerprint density at radius 2 is 1.85 bits per heavy atom. The summed E-state index contributed by atoms with van der Waals surface area (Å²) in [7, 11) is 0. The molecule has 2 nitrogen and oxygen atoms in total. The molecule has 1 N–H and O–H groups in total. The molecule has 0 saturated carbocycles. The SMILES string of the molecule is CC(C)N(C([NH])=S)c1ccccc1. The van der Waals surface area contributed by atoms with Gasteiger partial charge < -0.3 is 4.90 Å². The van der Waals surface area contributed by atoms with Crippen LogP contribution in [0.3, 0.4) is 0 Å².